The zero-order valence-corrected chi connectivity index (χ0v) is 14.6. The van der Waals surface area contributed by atoms with Gasteiger partial charge < -0.3 is 10.6 Å². The van der Waals surface area contributed by atoms with Crippen molar-refractivity contribution >= 4 is 18.3 Å². The molecule has 1 aromatic rings. The Morgan fingerprint density at radius 2 is 1.74 bits per heavy atom. The van der Waals surface area contributed by atoms with Crippen LogP contribution < -0.4 is 5.73 Å². The Labute approximate surface area is 146 Å². The first kappa shape index (κ1) is 18.3. The van der Waals surface area contributed by atoms with Gasteiger partial charge in [-0.15, -0.1) is 12.4 Å². The van der Waals surface area contributed by atoms with E-state index in [2.05, 4.69) is 4.90 Å². The molecule has 0 heterocycles. The smallest absolute Gasteiger partial charge is 0.224 e. The number of halogens is 1. The van der Waals surface area contributed by atoms with Crippen LogP contribution >= 0.6 is 12.4 Å². The van der Waals surface area contributed by atoms with Gasteiger partial charge in [0.2, 0.25) is 5.91 Å². The van der Waals surface area contributed by atoms with Gasteiger partial charge in [0.15, 0.2) is 0 Å². The van der Waals surface area contributed by atoms with Gasteiger partial charge in [-0.2, -0.15) is 0 Å². The molecule has 1 amide bonds. The minimum Gasteiger partial charge on any atom is -0.339 e. The van der Waals surface area contributed by atoms with E-state index in [-0.39, 0.29) is 24.4 Å². The first-order chi connectivity index (χ1) is 10.7. The number of benzene rings is 1. The average molecular weight is 337 g/mol. The highest BCUT2D eigenvalue weighted by Crippen LogP contribution is 2.33. The maximum Gasteiger partial charge on any atom is 0.224 e. The van der Waals surface area contributed by atoms with Crippen molar-refractivity contribution in [2.24, 2.45) is 11.7 Å². The maximum atomic E-state index is 12.8. The molecule has 0 aliphatic heterocycles. The van der Waals surface area contributed by atoms with E-state index in [4.69, 9.17) is 5.73 Å². The van der Waals surface area contributed by atoms with E-state index >= 15 is 0 Å². The van der Waals surface area contributed by atoms with Gasteiger partial charge in [0.05, 0.1) is 0 Å². The van der Waals surface area contributed by atoms with Crippen molar-refractivity contribution < 1.29 is 4.79 Å². The van der Waals surface area contributed by atoms with Crippen LogP contribution in [-0.4, -0.2) is 23.4 Å². The molecule has 1 unspecified atom stereocenters. The highest BCUT2D eigenvalue weighted by molar-refractivity contribution is 5.85. The highest BCUT2D eigenvalue weighted by Gasteiger charge is 2.32. The fraction of sp³-hybridized carbons (Fsp3) is 0.632. The van der Waals surface area contributed by atoms with Crippen molar-refractivity contribution in [1.82, 2.24) is 4.90 Å². The van der Waals surface area contributed by atoms with Crippen molar-refractivity contribution in [2.45, 2.75) is 63.5 Å². The monoisotopic (exact) mass is 336 g/mol. The molecule has 3 rings (SSSR count). The standard InChI is InChI=1S/C19H28N2O.ClH/c20-18(16-7-3-1-4-8-16)13-19(22)21(14-15-11-12-15)17-9-5-2-6-10-17;/h1,3-4,7-8,15,17-18H,2,5-6,9-14,20H2;1H. The summed E-state index contributed by atoms with van der Waals surface area (Å²) in [6, 6.07) is 10.3. The van der Waals surface area contributed by atoms with E-state index in [9.17, 15) is 4.79 Å². The summed E-state index contributed by atoms with van der Waals surface area (Å²) in [5.41, 5.74) is 7.32. The summed E-state index contributed by atoms with van der Waals surface area (Å²) in [6.45, 7) is 0.963. The highest BCUT2D eigenvalue weighted by atomic mass is 35.5. The van der Waals surface area contributed by atoms with Crippen LogP contribution in [0.25, 0.3) is 0 Å². The van der Waals surface area contributed by atoms with E-state index in [1.165, 1.54) is 44.9 Å². The lowest BCUT2D eigenvalue weighted by molar-refractivity contribution is -0.135. The summed E-state index contributed by atoms with van der Waals surface area (Å²) in [4.78, 5) is 15.0. The first-order valence-electron chi connectivity index (χ1n) is 8.84. The van der Waals surface area contributed by atoms with Gasteiger partial charge in [-0.05, 0) is 37.2 Å². The third kappa shape index (κ3) is 5.22. The lowest BCUT2D eigenvalue weighted by atomic mass is 9.93. The Bertz CT molecular complexity index is 483. The number of carbonyl (C=O) groups excluding carboxylic acids is 1. The molecule has 2 saturated carbocycles. The molecule has 3 nitrogen and oxygen atoms in total. The molecule has 1 atom stereocenters. The average Bonchev–Trinajstić information content (AvgIpc) is 3.38. The van der Waals surface area contributed by atoms with Crippen LogP contribution in [-0.2, 0) is 4.79 Å². The molecular formula is C19H29ClN2O. The molecule has 4 heteroatoms. The van der Waals surface area contributed by atoms with Crippen molar-refractivity contribution in [3.05, 3.63) is 35.9 Å². The SMILES string of the molecule is Cl.NC(CC(=O)N(CC1CC1)C1CCCCC1)c1ccccc1. The summed E-state index contributed by atoms with van der Waals surface area (Å²) in [7, 11) is 0. The van der Waals surface area contributed by atoms with Crippen molar-refractivity contribution in [1.29, 1.82) is 0 Å². The molecule has 2 N–H and O–H groups in total. The zero-order chi connectivity index (χ0) is 15.4. The molecule has 0 spiro atoms. The quantitative estimate of drug-likeness (QED) is 0.851. The molecular weight excluding hydrogens is 308 g/mol. The van der Waals surface area contributed by atoms with Gasteiger partial charge in [-0.3, -0.25) is 4.79 Å². The zero-order valence-electron chi connectivity index (χ0n) is 13.8. The summed E-state index contributed by atoms with van der Waals surface area (Å²) >= 11 is 0. The molecule has 2 aliphatic rings. The fourth-order valence-electron chi connectivity index (χ4n) is 3.55. The molecule has 0 aromatic heterocycles. The van der Waals surface area contributed by atoms with Gasteiger partial charge >= 0.3 is 0 Å². The first-order valence-corrected chi connectivity index (χ1v) is 8.84. The number of nitrogens with two attached hydrogens (primary N) is 1. The van der Waals surface area contributed by atoms with Crippen molar-refractivity contribution in [3.63, 3.8) is 0 Å². The summed E-state index contributed by atoms with van der Waals surface area (Å²) in [5, 5.41) is 0. The summed E-state index contributed by atoms with van der Waals surface area (Å²) < 4.78 is 0. The predicted molar refractivity (Wildman–Crippen MR) is 96.5 cm³/mol. The van der Waals surface area contributed by atoms with E-state index in [0.29, 0.717) is 12.5 Å². The number of rotatable bonds is 6. The third-order valence-corrected chi connectivity index (χ3v) is 5.11. The number of carbonyl (C=O) groups is 1. The molecule has 2 fully saturated rings. The van der Waals surface area contributed by atoms with Gasteiger partial charge in [-0.25, -0.2) is 0 Å². The van der Waals surface area contributed by atoms with Crippen molar-refractivity contribution in [3.8, 4) is 0 Å². The number of amides is 1. The van der Waals surface area contributed by atoms with Gasteiger partial charge in [0.25, 0.3) is 0 Å². The number of hydrogen-bond acceptors (Lipinski definition) is 2. The van der Waals surface area contributed by atoms with Crippen LogP contribution in [0.1, 0.15) is 63.0 Å². The van der Waals surface area contributed by atoms with Gasteiger partial charge in [-0.1, -0.05) is 49.6 Å². The van der Waals surface area contributed by atoms with Crippen molar-refractivity contribution in [2.75, 3.05) is 6.54 Å². The molecule has 23 heavy (non-hydrogen) atoms. The Balaban J connectivity index is 0.00000192. The Hall–Kier alpha value is -1.06. The number of nitrogens with zero attached hydrogens (tertiary/aromatic N) is 1. The topological polar surface area (TPSA) is 46.3 Å². The normalized spacial score (nSPS) is 19.7. The molecule has 128 valence electrons. The summed E-state index contributed by atoms with van der Waals surface area (Å²) in [6.07, 6.45) is 9.24. The van der Waals surface area contributed by atoms with E-state index in [0.717, 1.165) is 18.0 Å². The maximum absolute atomic E-state index is 12.8. The molecule has 2 aliphatic carbocycles. The largest absolute Gasteiger partial charge is 0.339 e. The van der Waals surface area contributed by atoms with Crippen LogP contribution in [0.3, 0.4) is 0 Å². The second-order valence-corrected chi connectivity index (χ2v) is 7.00. The minimum absolute atomic E-state index is 0. The Morgan fingerprint density at radius 3 is 2.35 bits per heavy atom. The lowest BCUT2D eigenvalue weighted by Crippen LogP contribution is -2.43. The fourth-order valence-corrected chi connectivity index (χ4v) is 3.55. The van der Waals surface area contributed by atoms with Gasteiger partial charge in [0.1, 0.15) is 0 Å². The Kier molecular flexibility index (Phi) is 6.91. The van der Waals surface area contributed by atoms with Gasteiger partial charge in [0, 0.05) is 25.0 Å². The van der Waals surface area contributed by atoms with E-state index in [1.807, 2.05) is 30.3 Å². The predicted octanol–water partition coefficient (Wildman–Crippen LogP) is 4.07. The Morgan fingerprint density at radius 1 is 1.09 bits per heavy atom. The molecule has 1 aromatic carbocycles. The van der Waals surface area contributed by atoms with Crippen LogP contribution in [0.15, 0.2) is 30.3 Å². The lowest BCUT2D eigenvalue weighted by Gasteiger charge is -2.35. The third-order valence-electron chi connectivity index (χ3n) is 5.11. The van der Waals surface area contributed by atoms with Crippen LogP contribution in [0.2, 0.25) is 0 Å². The minimum atomic E-state index is -0.181. The molecule has 0 saturated heterocycles. The van der Waals surface area contributed by atoms with Crippen LogP contribution in [0.5, 0.6) is 0 Å². The molecule has 0 bridgehead atoms. The van der Waals surface area contributed by atoms with Crippen LogP contribution in [0, 0.1) is 5.92 Å². The summed E-state index contributed by atoms with van der Waals surface area (Å²) in [5.74, 6) is 1.01. The second-order valence-electron chi connectivity index (χ2n) is 7.00. The van der Waals surface area contributed by atoms with E-state index in [1.54, 1.807) is 0 Å². The van der Waals surface area contributed by atoms with Crippen LogP contribution in [0.4, 0.5) is 0 Å². The number of hydrogen-bond donors (Lipinski definition) is 1. The second kappa shape index (κ2) is 8.70. The molecule has 0 radical (unpaired) electrons. The van der Waals surface area contributed by atoms with E-state index < -0.39 is 0 Å².